The molecule has 0 aliphatic heterocycles. The Labute approximate surface area is 171 Å². The molecule has 1 heterocycles. The van der Waals surface area contributed by atoms with E-state index < -0.39 is 6.10 Å². The average Bonchev–Trinajstić information content (AvgIpc) is 3.18. The van der Waals surface area contributed by atoms with Gasteiger partial charge in [-0.2, -0.15) is 0 Å². The second-order valence-corrected chi connectivity index (χ2v) is 7.63. The lowest BCUT2D eigenvalue weighted by Crippen LogP contribution is -2.35. The highest BCUT2D eigenvalue weighted by atomic mass is 16.5. The van der Waals surface area contributed by atoms with Gasteiger partial charge in [0.15, 0.2) is 6.10 Å². The highest BCUT2D eigenvalue weighted by Gasteiger charge is 2.16. The fourth-order valence-electron chi connectivity index (χ4n) is 3.80. The van der Waals surface area contributed by atoms with Gasteiger partial charge in [-0.3, -0.25) is 4.79 Å². The third-order valence-electron chi connectivity index (χ3n) is 5.51. The Hall–Kier alpha value is -3.08. The highest BCUT2D eigenvalue weighted by molar-refractivity contribution is 5.80. The zero-order valence-corrected chi connectivity index (χ0v) is 17.0. The molecule has 150 valence electrons. The maximum atomic E-state index is 12.5. The molecule has 1 atom stereocenters. The number of fused-ring (bicyclic) bond motifs is 1. The first-order valence-corrected chi connectivity index (χ1v) is 10.3. The molecule has 1 amide bonds. The summed E-state index contributed by atoms with van der Waals surface area (Å²) in [5.41, 5.74) is 4.87. The number of hydrogen-bond acceptors (Lipinski definition) is 3. The number of ether oxygens (including phenoxy) is 1. The van der Waals surface area contributed by atoms with Gasteiger partial charge in [-0.25, -0.2) is 4.98 Å². The number of nitrogens with zero attached hydrogens (tertiary/aromatic N) is 2. The summed E-state index contributed by atoms with van der Waals surface area (Å²) >= 11 is 0. The first kappa shape index (κ1) is 19.2. The van der Waals surface area contributed by atoms with Crippen LogP contribution >= 0.6 is 0 Å². The molecule has 0 unspecified atom stereocenters. The predicted octanol–water partition coefficient (Wildman–Crippen LogP) is 4.14. The number of carbonyl (C=O) groups excluding carboxylic acids is 1. The summed E-state index contributed by atoms with van der Waals surface area (Å²) < 4.78 is 7.91. The Morgan fingerprint density at radius 2 is 1.90 bits per heavy atom. The van der Waals surface area contributed by atoms with Gasteiger partial charge < -0.3 is 14.6 Å². The molecule has 0 saturated carbocycles. The molecule has 1 aromatic heterocycles. The van der Waals surface area contributed by atoms with Crippen molar-refractivity contribution in [2.75, 3.05) is 0 Å². The van der Waals surface area contributed by atoms with E-state index >= 15 is 0 Å². The van der Waals surface area contributed by atoms with Crippen LogP contribution in [-0.2, 0) is 24.2 Å². The first-order valence-electron chi connectivity index (χ1n) is 10.3. The SMILES string of the molecule is Cc1nccn1-c1ccc(CNC(=O)[C@@H](C)Oc2ccc3c(c2)CCCC3)cc1. The molecule has 4 rings (SSSR count). The second-order valence-electron chi connectivity index (χ2n) is 7.63. The lowest BCUT2D eigenvalue weighted by molar-refractivity contribution is -0.127. The van der Waals surface area contributed by atoms with Crippen molar-refractivity contribution in [1.29, 1.82) is 0 Å². The molecule has 3 aromatic rings. The van der Waals surface area contributed by atoms with Gasteiger partial charge in [0.1, 0.15) is 11.6 Å². The molecular weight excluding hydrogens is 362 g/mol. The van der Waals surface area contributed by atoms with E-state index in [0.29, 0.717) is 6.54 Å². The Morgan fingerprint density at radius 1 is 1.14 bits per heavy atom. The second kappa shape index (κ2) is 8.52. The number of rotatable bonds is 6. The molecule has 5 heteroatoms. The van der Waals surface area contributed by atoms with Crippen LogP contribution < -0.4 is 10.1 Å². The summed E-state index contributed by atoms with van der Waals surface area (Å²) in [4.78, 5) is 16.7. The Kier molecular flexibility index (Phi) is 5.65. The largest absolute Gasteiger partial charge is 0.481 e. The number of nitrogens with one attached hydrogen (secondary N) is 1. The number of benzene rings is 2. The molecule has 2 aromatic carbocycles. The van der Waals surface area contributed by atoms with E-state index in [9.17, 15) is 4.79 Å². The lowest BCUT2D eigenvalue weighted by atomic mass is 9.92. The number of imidazole rings is 1. The van der Waals surface area contributed by atoms with Crippen molar-refractivity contribution in [3.8, 4) is 11.4 Å². The fraction of sp³-hybridized carbons (Fsp3) is 0.333. The van der Waals surface area contributed by atoms with E-state index in [-0.39, 0.29) is 5.91 Å². The Balaban J connectivity index is 1.31. The monoisotopic (exact) mass is 389 g/mol. The molecule has 1 N–H and O–H groups in total. The molecule has 0 spiro atoms. The van der Waals surface area contributed by atoms with Gasteiger partial charge in [0.2, 0.25) is 0 Å². The molecule has 0 bridgehead atoms. The van der Waals surface area contributed by atoms with Crippen molar-refractivity contribution >= 4 is 5.91 Å². The van der Waals surface area contributed by atoms with Gasteiger partial charge in [0, 0.05) is 24.6 Å². The summed E-state index contributed by atoms with van der Waals surface area (Å²) in [6, 6.07) is 14.3. The Morgan fingerprint density at radius 3 is 2.62 bits per heavy atom. The summed E-state index contributed by atoms with van der Waals surface area (Å²) in [5, 5.41) is 2.96. The fourth-order valence-corrected chi connectivity index (χ4v) is 3.80. The van der Waals surface area contributed by atoms with E-state index in [0.717, 1.165) is 35.7 Å². The smallest absolute Gasteiger partial charge is 0.261 e. The molecular formula is C24H27N3O2. The predicted molar refractivity (Wildman–Crippen MR) is 113 cm³/mol. The molecule has 0 radical (unpaired) electrons. The van der Waals surface area contributed by atoms with Crippen molar-refractivity contribution < 1.29 is 9.53 Å². The van der Waals surface area contributed by atoms with Crippen LogP contribution in [0.1, 0.15) is 42.3 Å². The number of aromatic nitrogens is 2. The molecule has 5 nitrogen and oxygen atoms in total. The van der Waals surface area contributed by atoms with Crippen LogP contribution in [0.15, 0.2) is 54.9 Å². The third-order valence-corrected chi connectivity index (χ3v) is 5.51. The van der Waals surface area contributed by atoms with Crippen LogP contribution in [0.25, 0.3) is 5.69 Å². The van der Waals surface area contributed by atoms with Crippen LogP contribution in [0.2, 0.25) is 0 Å². The van der Waals surface area contributed by atoms with E-state index in [1.54, 1.807) is 13.1 Å². The summed E-state index contributed by atoms with van der Waals surface area (Å²) in [5.74, 6) is 1.60. The van der Waals surface area contributed by atoms with Gasteiger partial charge in [-0.05, 0) is 80.5 Å². The number of carbonyl (C=O) groups is 1. The highest BCUT2D eigenvalue weighted by Crippen LogP contribution is 2.25. The van der Waals surface area contributed by atoms with Gasteiger partial charge in [0.25, 0.3) is 5.91 Å². The van der Waals surface area contributed by atoms with Crippen molar-refractivity contribution in [1.82, 2.24) is 14.9 Å². The standard InChI is InChI=1S/C24H27N3O2/c1-17(29-23-12-9-20-5-3-4-6-21(20)15-23)24(28)26-16-19-7-10-22(11-8-19)27-14-13-25-18(27)2/h7-15,17H,3-6,16H2,1-2H3,(H,26,28)/t17-/m1/s1. The van der Waals surface area contributed by atoms with E-state index in [4.69, 9.17) is 4.74 Å². The zero-order valence-electron chi connectivity index (χ0n) is 17.0. The van der Waals surface area contributed by atoms with Crippen LogP contribution in [0, 0.1) is 6.92 Å². The molecule has 1 aliphatic rings. The maximum Gasteiger partial charge on any atom is 0.261 e. The van der Waals surface area contributed by atoms with Crippen molar-refractivity contribution in [3.63, 3.8) is 0 Å². The summed E-state index contributed by atoms with van der Waals surface area (Å²) in [7, 11) is 0. The van der Waals surface area contributed by atoms with E-state index in [1.165, 1.54) is 24.0 Å². The zero-order chi connectivity index (χ0) is 20.2. The number of hydrogen-bond donors (Lipinski definition) is 1. The van der Waals surface area contributed by atoms with Crippen LogP contribution in [0.3, 0.4) is 0 Å². The van der Waals surface area contributed by atoms with Crippen LogP contribution in [0.5, 0.6) is 5.75 Å². The summed E-state index contributed by atoms with van der Waals surface area (Å²) in [6.45, 7) is 4.23. The quantitative estimate of drug-likeness (QED) is 0.689. The molecule has 0 saturated heterocycles. The number of aryl methyl sites for hydroxylation is 3. The summed E-state index contributed by atoms with van der Waals surface area (Å²) in [6.07, 6.45) is 7.91. The lowest BCUT2D eigenvalue weighted by Gasteiger charge is -2.19. The van der Waals surface area contributed by atoms with E-state index in [2.05, 4.69) is 22.4 Å². The minimum Gasteiger partial charge on any atom is -0.481 e. The number of amides is 1. The van der Waals surface area contributed by atoms with Gasteiger partial charge in [-0.15, -0.1) is 0 Å². The molecule has 29 heavy (non-hydrogen) atoms. The van der Waals surface area contributed by atoms with Crippen LogP contribution in [-0.4, -0.2) is 21.6 Å². The Bertz CT molecular complexity index is 992. The van der Waals surface area contributed by atoms with Crippen molar-refractivity contribution in [2.45, 2.75) is 52.2 Å². The normalized spacial score (nSPS) is 14.1. The average molecular weight is 389 g/mol. The van der Waals surface area contributed by atoms with Crippen LogP contribution in [0.4, 0.5) is 0 Å². The minimum atomic E-state index is -0.537. The van der Waals surface area contributed by atoms with Gasteiger partial charge >= 0.3 is 0 Å². The molecule has 1 aliphatic carbocycles. The van der Waals surface area contributed by atoms with Crippen molar-refractivity contribution in [2.24, 2.45) is 0 Å². The van der Waals surface area contributed by atoms with Gasteiger partial charge in [0.05, 0.1) is 0 Å². The van der Waals surface area contributed by atoms with Gasteiger partial charge in [-0.1, -0.05) is 18.2 Å². The van der Waals surface area contributed by atoms with Crippen molar-refractivity contribution in [3.05, 3.63) is 77.4 Å². The third kappa shape index (κ3) is 4.50. The molecule has 0 fully saturated rings. The minimum absolute atomic E-state index is 0.114. The maximum absolute atomic E-state index is 12.5. The topological polar surface area (TPSA) is 56.2 Å². The van der Waals surface area contributed by atoms with E-state index in [1.807, 2.05) is 48.0 Å². The first-order chi connectivity index (χ1) is 14.1.